The molecule has 1 saturated carbocycles. The van der Waals surface area contributed by atoms with Crippen LogP contribution in [0.25, 0.3) is 0 Å². The largest absolute Gasteiger partial charge is 0.423 e. The molecule has 5 rings (SSSR count). The van der Waals surface area contributed by atoms with Crippen molar-refractivity contribution >= 4 is 57.0 Å². The van der Waals surface area contributed by atoms with E-state index in [1.807, 2.05) is 0 Å². The van der Waals surface area contributed by atoms with Gasteiger partial charge in [0.15, 0.2) is 5.78 Å². The van der Waals surface area contributed by atoms with E-state index in [9.17, 15) is 24.0 Å². The van der Waals surface area contributed by atoms with Crippen LogP contribution in [0.5, 0.6) is 5.75 Å². The summed E-state index contributed by atoms with van der Waals surface area (Å²) in [7, 11) is 0. The molecule has 2 aliphatic rings. The lowest BCUT2D eigenvalue weighted by molar-refractivity contribution is -0.154. The zero-order valence-corrected chi connectivity index (χ0v) is 23.6. The van der Waals surface area contributed by atoms with Gasteiger partial charge in [-0.25, -0.2) is 9.80 Å². The molecule has 3 aromatic rings. The normalized spacial score (nSPS) is 18.3. The third-order valence-corrected chi connectivity index (χ3v) is 7.93. The van der Waals surface area contributed by atoms with Gasteiger partial charge in [-0.3, -0.25) is 19.2 Å². The van der Waals surface area contributed by atoms with Crippen molar-refractivity contribution in [3.05, 3.63) is 99.0 Å². The molecule has 3 amide bonds. The van der Waals surface area contributed by atoms with E-state index in [-0.39, 0.29) is 16.9 Å². The number of ketones is 1. The quantitative estimate of drug-likeness (QED) is 0.144. The lowest BCUT2D eigenvalue weighted by Gasteiger charge is -2.30. The Bertz CT molecular complexity index is 1450. The van der Waals surface area contributed by atoms with Gasteiger partial charge in [0.2, 0.25) is 0 Å². The first kappa shape index (κ1) is 27.7. The highest BCUT2D eigenvalue weighted by molar-refractivity contribution is 9.10. The predicted molar refractivity (Wildman–Crippen MR) is 150 cm³/mol. The van der Waals surface area contributed by atoms with Gasteiger partial charge in [0.25, 0.3) is 17.7 Å². The Hall–Kier alpha value is -3.82. The standard InChI is InChI=1S/C30H24BrClN2O6/c31-21-11-5-20(6-12-21)30(39)40-23-15-9-18(10-16-23)26(35)17-33(27(36)19-7-13-22(32)14-8-19)34-28(37)24-3-1-2-4-25(24)29(34)38/h5-16,24-25H,1-4,17H2/t24-,25-/m1/s1. The third kappa shape index (κ3) is 5.71. The van der Waals surface area contributed by atoms with Gasteiger partial charge in [0, 0.05) is 20.6 Å². The maximum absolute atomic E-state index is 13.6. The van der Waals surface area contributed by atoms with Crippen LogP contribution >= 0.6 is 27.5 Å². The fourth-order valence-electron chi connectivity index (χ4n) is 5.05. The summed E-state index contributed by atoms with van der Waals surface area (Å²) in [4.78, 5) is 65.9. The molecule has 1 heterocycles. The molecule has 0 aromatic heterocycles. The van der Waals surface area contributed by atoms with Crippen molar-refractivity contribution in [2.75, 3.05) is 6.54 Å². The van der Waals surface area contributed by atoms with Gasteiger partial charge >= 0.3 is 5.97 Å². The summed E-state index contributed by atoms with van der Waals surface area (Å²) in [6, 6.07) is 18.6. The molecule has 0 spiro atoms. The van der Waals surface area contributed by atoms with Crippen LogP contribution in [0.15, 0.2) is 77.3 Å². The molecule has 1 saturated heterocycles. The summed E-state index contributed by atoms with van der Waals surface area (Å²) >= 11 is 9.29. The summed E-state index contributed by atoms with van der Waals surface area (Å²) < 4.78 is 6.21. The van der Waals surface area contributed by atoms with Crippen LogP contribution in [-0.4, -0.2) is 46.0 Å². The number of hydrogen-bond donors (Lipinski definition) is 0. The lowest BCUT2D eigenvalue weighted by Crippen LogP contribution is -2.52. The molecule has 0 N–H and O–H groups in total. The molecule has 3 aromatic carbocycles. The van der Waals surface area contributed by atoms with Gasteiger partial charge in [0.1, 0.15) is 12.3 Å². The zero-order chi connectivity index (χ0) is 28.4. The fourth-order valence-corrected chi connectivity index (χ4v) is 5.44. The highest BCUT2D eigenvalue weighted by Crippen LogP contribution is 2.39. The monoisotopic (exact) mass is 622 g/mol. The number of esters is 1. The third-order valence-electron chi connectivity index (χ3n) is 7.15. The maximum atomic E-state index is 13.6. The molecule has 10 heteroatoms. The number of benzene rings is 3. The summed E-state index contributed by atoms with van der Waals surface area (Å²) in [5.74, 6) is -3.38. The van der Waals surface area contributed by atoms with Gasteiger partial charge in [-0.2, -0.15) is 5.01 Å². The Morgan fingerprint density at radius 1 is 0.800 bits per heavy atom. The van der Waals surface area contributed by atoms with Crippen LogP contribution in [0.2, 0.25) is 5.02 Å². The van der Waals surface area contributed by atoms with Crippen molar-refractivity contribution < 1.29 is 28.7 Å². The number of carbonyl (C=O) groups is 5. The number of Topliss-reactive ketones (excluding diaryl/α,β-unsaturated/α-hetero) is 1. The molecule has 1 aliphatic carbocycles. The van der Waals surface area contributed by atoms with Gasteiger partial charge in [-0.15, -0.1) is 0 Å². The highest BCUT2D eigenvalue weighted by atomic mass is 79.9. The van der Waals surface area contributed by atoms with Gasteiger partial charge in [0.05, 0.1) is 17.4 Å². The number of ether oxygens (including phenoxy) is 1. The van der Waals surface area contributed by atoms with Crippen molar-refractivity contribution in [2.24, 2.45) is 11.8 Å². The number of rotatable bonds is 7. The van der Waals surface area contributed by atoms with Crippen LogP contribution in [0, 0.1) is 11.8 Å². The topological polar surface area (TPSA) is 101 Å². The predicted octanol–water partition coefficient (Wildman–Crippen LogP) is 5.74. The van der Waals surface area contributed by atoms with Gasteiger partial charge in [-0.05, 0) is 85.6 Å². The van der Waals surface area contributed by atoms with Gasteiger partial charge < -0.3 is 4.74 Å². The molecule has 2 atom stereocenters. The van der Waals surface area contributed by atoms with E-state index < -0.39 is 47.9 Å². The first-order valence-electron chi connectivity index (χ1n) is 12.8. The number of fused-ring (bicyclic) bond motifs is 1. The molecule has 8 nitrogen and oxygen atoms in total. The molecule has 0 bridgehead atoms. The minimum atomic E-state index is -0.662. The summed E-state index contributed by atoms with van der Waals surface area (Å²) in [5.41, 5.74) is 0.761. The Morgan fingerprint density at radius 2 is 1.32 bits per heavy atom. The molecule has 0 unspecified atom stereocenters. The van der Waals surface area contributed by atoms with Crippen molar-refractivity contribution in [3.63, 3.8) is 0 Å². The lowest BCUT2D eigenvalue weighted by atomic mass is 9.81. The Morgan fingerprint density at radius 3 is 1.90 bits per heavy atom. The van der Waals surface area contributed by atoms with E-state index in [0.717, 1.165) is 27.3 Å². The van der Waals surface area contributed by atoms with E-state index >= 15 is 0 Å². The van der Waals surface area contributed by atoms with Crippen molar-refractivity contribution in [1.82, 2.24) is 10.0 Å². The van der Waals surface area contributed by atoms with Crippen molar-refractivity contribution in [3.8, 4) is 5.75 Å². The van der Waals surface area contributed by atoms with Crippen molar-refractivity contribution in [2.45, 2.75) is 25.7 Å². The minimum Gasteiger partial charge on any atom is -0.423 e. The van der Waals surface area contributed by atoms with Crippen LogP contribution in [0.1, 0.15) is 56.8 Å². The Balaban J connectivity index is 1.36. The van der Waals surface area contributed by atoms with Crippen LogP contribution in [0.3, 0.4) is 0 Å². The van der Waals surface area contributed by atoms with E-state index in [1.54, 1.807) is 24.3 Å². The second kappa shape index (κ2) is 11.7. The molecule has 2 fully saturated rings. The smallest absolute Gasteiger partial charge is 0.343 e. The Labute approximate surface area is 243 Å². The number of hydrogen-bond acceptors (Lipinski definition) is 6. The number of carbonyl (C=O) groups excluding carboxylic acids is 5. The molecule has 0 radical (unpaired) electrons. The second-order valence-electron chi connectivity index (χ2n) is 9.70. The van der Waals surface area contributed by atoms with Crippen LogP contribution in [-0.2, 0) is 9.59 Å². The van der Waals surface area contributed by atoms with Gasteiger partial charge in [-0.1, -0.05) is 40.4 Å². The second-order valence-corrected chi connectivity index (χ2v) is 11.1. The Kier molecular flexibility index (Phi) is 8.14. The SMILES string of the molecule is O=C(CN(C(=O)c1ccc(Cl)cc1)N1C(=O)[C@@H]2CCCC[C@H]2C1=O)c1ccc(OC(=O)c2ccc(Br)cc2)cc1. The van der Waals surface area contributed by atoms with Crippen LogP contribution < -0.4 is 4.74 Å². The summed E-state index contributed by atoms with van der Waals surface area (Å²) in [6.07, 6.45) is 2.81. The average Bonchev–Trinajstić information content (AvgIpc) is 3.22. The first-order valence-corrected chi connectivity index (χ1v) is 14.0. The van der Waals surface area contributed by atoms with E-state index in [0.29, 0.717) is 23.4 Å². The molecule has 1 aliphatic heterocycles. The first-order chi connectivity index (χ1) is 19.2. The van der Waals surface area contributed by atoms with E-state index in [1.165, 1.54) is 48.5 Å². The van der Waals surface area contributed by atoms with Crippen molar-refractivity contribution in [1.29, 1.82) is 0 Å². The molecule has 40 heavy (non-hydrogen) atoms. The molecular formula is C30H24BrClN2O6. The zero-order valence-electron chi connectivity index (χ0n) is 21.2. The molecular weight excluding hydrogens is 600 g/mol. The minimum absolute atomic E-state index is 0.183. The molecule has 204 valence electrons. The maximum Gasteiger partial charge on any atom is 0.343 e. The van der Waals surface area contributed by atoms with E-state index in [4.69, 9.17) is 16.3 Å². The van der Waals surface area contributed by atoms with E-state index in [2.05, 4.69) is 15.9 Å². The number of halogens is 2. The van der Waals surface area contributed by atoms with Crippen LogP contribution in [0.4, 0.5) is 0 Å². The summed E-state index contributed by atoms with van der Waals surface area (Å²) in [6.45, 7) is -0.531. The fraction of sp³-hybridized carbons (Fsp3) is 0.233. The summed E-state index contributed by atoms with van der Waals surface area (Å²) in [5, 5.41) is 2.22. The number of hydrazine groups is 1. The number of imide groups is 1. The highest BCUT2D eigenvalue weighted by Gasteiger charge is 2.51. The number of nitrogens with zero attached hydrogens (tertiary/aromatic N) is 2. The number of amides is 3. The average molecular weight is 624 g/mol.